The van der Waals surface area contributed by atoms with Crippen LogP contribution in [0.25, 0.3) is 30.3 Å². The summed E-state index contributed by atoms with van der Waals surface area (Å²) in [7, 11) is 5.97. The number of hydrogen-bond donors (Lipinski definition) is 4. The molecule has 0 saturated heterocycles. The van der Waals surface area contributed by atoms with Crippen LogP contribution in [0.15, 0.2) is 164 Å². The van der Waals surface area contributed by atoms with Crippen LogP contribution in [0.3, 0.4) is 0 Å². The van der Waals surface area contributed by atoms with Crippen molar-refractivity contribution in [3.63, 3.8) is 0 Å². The molecule has 504 valence electrons. The second-order valence-electron chi connectivity index (χ2n) is 26.0. The van der Waals surface area contributed by atoms with Crippen LogP contribution in [0.5, 0.6) is 51.7 Å². The molecule has 0 amide bonds. The van der Waals surface area contributed by atoms with E-state index < -0.39 is 0 Å². The number of ketones is 3. The number of benzene rings is 9. The predicted molar refractivity (Wildman–Crippen MR) is 405 cm³/mol. The van der Waals surface area contributed by atoms with Gasteiger partial charge in [0, 0.05) is 60.0 Å². The van der Waals surface area contributed by atoms with E-state index in [-0.39, 0.29) is 34.6 Å². The largest absolute Gasteiger partial charge is 0.508 e. The van der Waals surface area contributed by atoms with Crippen LogP contribution in [0, 0.1) is 68.2 Å². The Balaban J connectivity index is 0.000000160. The van der Waals surface area contributed by atoms with Gasteiger partial charge in [0.2, 0.25) is 17.3 Å². The Morgan fingerprint density at radius 2 is 0.745 bits per heavy atom. The second kappa shape index (κ2) is 31.4. The van der Waals surface area contributed by atoms with E-state index in [1.165, 1.54) is 64.4 Å². The lowest BCUT2D eigenvalue weighted by Crippen LogP contribution is -2.10. The fraction of sp³-hybridized carbons (Fsp3) is 0.250. The van der Waals surface area contributed by atoms with Crippen LogP contribution in [0.4, 0.5) is 0 Å². The van der Waals surface area contributed by atoms with Crippen LogP contribution in [-0.2, 0) is 19.5 Å². The summed E-state index contributed by atoms with van der Waals surface area (Å²) >= 11 is 4.07. The smallest absolute Gasteiger partial charge is 0.207 e. The van der Waals surface area contributed by atoms with Crippen molar-refractivity contribution in [3.05, 3.63) is 262 Å². The van der Waals surface area contributed by atoms with E-state index in [1.807, 2.05) is 193 Å². The number of carbonyl (C=O) groups is 3. The average molecular weight is 1360 g/mol. The molecule has 4 N–H and O–H groups in total. The number of rotatable bonds is 21. The zero-order chi connectivity index (χ0) is 70.2. The number of phenolic OH excluding ortho intramolecular Hbond substituents is 3. The maximum atomic E-state index is 13.8. The van der Waals surface area contributed by atoms with E-state index in [2.05, 4.69) is 36.2 Å². The fourth-order valence-corrected chi connectivity index (χ4v) is 16.1. The number of fused-ring (bicyclic) bond motifs is 3. The molecule has 12 aromatic rings. The van der Waals surface area contributed by atoms with Crippen molar-refractivity contribution in [2.45, 2.75) is 115 Å². The highest BCUT2D eigenvalue weighted by Gasteiger charge is 2.28. The first-order valence-corrected chi connectivity index (χ1v) is 35.6. The van der Waals surface area contributed by atoms with Crippen LogP contribution < -0.4 is 19.5 Å². The van der Waals surface area contributed by atoms with Crippen molar-refractivity contribution in [1.29, 1.82) is 0 Å². The maximum Gasteiger partial charge on any atom is 0.207 e. The zero-order valence-electron chi connectivity index (χ0n) is 58.4. The van der Waals surface area contributed by atoms with Crippen molar-refractivity contribution in [2.75, 3.05) is 21.1 Å². The van der Waals surface area contributed by atoms with E-state index in [0.717, 1.165) is 111 Å². The van der Waals surface area contributed by atoms with E-state index in [0.29, 0.717) is 65.8 Å². The Hall–Kier alpha value is -9.41. The van der Waals surface area contributed by atoms with Gasteiger partial charge in [-0.15, -0.1) is 34.0 Å². The number of aromatic hydroxyl groups is 3. The number of hydrogen-bond acceptors (Lipinski definition) is 14. The third kappa shape index (κ3) is 16.8. The van der Waals surface area contributed by atoms with Crippen molar-refractivity contribution < 1.29 is 43.9 Å². The molecule has 3 heterocycles. The minimum atomic E-state index is -0.0579. The maximum absolute atomic E-state index is 13.8. The molecule has 14 heteroatoms. The molecule has 0 spiro atoms. The fourth-order valence-electron chi connectivity index (χ4n) is 12.7. The van der Waals surface area contributed by atoms with Gasteiger partial charge < -0.3 is 39.7 Å². The van der Waals surface area contributed by atoms with E-state index >= 15 is 0 Å². The number of aryl methyl sites for hydroxylation is 10. The first-order chi connectivity index (χ1) is 46.9. The van der Waals surface area contributed by atoms with Gasteiger partial charge in [-0.05, 0) is 243 Å². The molecule has 0 aliphatic carbocycles. The molecule has 0 radical (unpaired) electrons. The van der Waals surface area contributed by atoms with Gasteiger partial charge in [-0.1, -0.05) is 116 Å². The Kier molecular flexibility index (Phi) is 22.9. The summed E-state index contributed by atoms with van der Waals surface area (Å²) in [5.74, 6) is 4.78. The Bertz CT molecular complexity index is 4830. The topological polar surface area (TPSA) is 155 Å². The quantitative estimate of drug-likeness (QED) is 0.0508. The highest BCUT2D eigenvalue weighted by atomic mass is 32.1. The van der Waals surface area contributed by atoms with Gasteiger partial charge in [0.05, 0.1) is 0 Å². The molecular weight excluding hydrogens is 1280 g/mol. The van der Waals surface area contributed by atoms with Gasteiger partial charge in [-0.25, -0.2) is 0 Å². The third-order valence-electron chi connectivity index (χ3n) is 17.4. The summed E-state index contributed by atoms with van der Waals surface area (Å²) in [4.78, 5) is 44.9. The van der Waals surface area contributed by atoms with E-state index in [4.69, 9.17) is 14.2 Å². The molecule has 11 nitrogen and oxygen atoms in total. The molecule has 0 aliphatic rings. The minimum absolute atomic E-state index is 0.0441. The number of ether oxygens (including phenoxy) is 3. The van der Waals surface area contributed by atoms with Gasteiger partial charge in [0.15, 0.2) is 17.2 Å². The Morgan fingerprint density at radius 3 is 1.04 bits per heavy atom. The van der Waals surface area contributed by atoms with E-state index in [9.17, 15) is 29.7 Å². The summed E-state index contributed by atoms with van der Waals surface area (Å²) in [5, 5.41) is 35.5. The number of carbonyl (C=O) groups excluding carboxylic acids is 3. The number of phenols is 3. The molecule has 3 aromatic heterocycles. The van der Waals surface area contributed by atoms with Gasteiger partial charge >= 0.3 is 0 Å². The van der Waals surface area contributed by atoms with Crippen LogP contribution in [0.2, 0.25) is 0 Å². The summed E-state index contributed by atoms with van der Waals surface area (Å²) in [6, 6.07) is 51.5. The normalized spacial score (nSPS) is 11.5. The highest BCUT2D eigenvalue weighted by molar-refractivity contribution is 7.22. The number of nitrogens with one attached hydrogen (secondary N) is 1. The average Bonchev–Trinajstić information content (AvgIpc) is 1.62. The van der Waals surface area contributed by atoms with Crippen LogP contribution in [-0.4, -0.2) is 58.7 Å². The third-order valence-corrected chi connectivity index (χ3v) is 20.8. The Morgan fingerprint density at radius 1 is 0.439 bits per heavy atom. The molecule has 0 saturated carbocycles. The number of thiophene rings is 3. The summed E-state index contributed by atoms with van der Waals surface area (Å²) in [5.41, 5.74) is 14.9. The van der Waals surface area contributed by atoms with Crippen LogP contribution in [0.1, 0.15) is 146 Å². The molecule has 9 aromatic carbocycles. The van der Waals surface area contributed by atoms with Gasteiger partial charge in [-0.2, -0.15) is 0 Å². The molecule has 1 unspecified atom stereocenters. The van der Waals surface area contributed by atoms with Gasteiger partial charge in [-0.3, -0.25) is 14.4 Å². The van der Waals surface area contributed by atoms with Crippen molar-refractivity contribution >= 4 is 81.6 Å². The molecule has 12 rings (SSSR count). The standard InChI is InChI=1S/C31H34O3S.C27H27NO3S.C26H25NO3S/c1-6-19(2)8-7-9-23-10-13-25(14-11-23)34-30-26-15-12-24(32)18-27(26)35-31(30)29(33)28-21(4)16-20(3)17-22(28)5;1-16-12-17(2)24(18(3)13-16)25(30)27-26(22-11-8-20(29)14-23(22)32-27)31-21-9-6-19(7-10-21)15-28(4)5;1-15-11-16(2)23(17(3)12-15)24(29)26-25(21-10-7-19(28)13-22(21)31-26)30-20-8-5-18(6-9-20)14-27-4/h10-19,32H,6-9H2,1-5H3;6-14,29H,15H2,1-5H3;5-13,27-28H,14H2,1-4H3. The van der Waals surface area contributed by atoms with Crippen molar-refractivity contribution in [1.82, 2.24) is 10.2 Å². The van der Waals surface area contributed by atoms with Crippen molar-refractivity contribution in [3.8, 4) is 51.7 Å². The minimum Gasteiger partial charge on any atom is -0.508 e. The monoisotopic (exact) mass is 1360 g/mol. The molecule has 98 heavy (non-hydrogen) atoms. The highest BCUT2D eigenvalue weighted by Crippen LogP contribution is 2.47. The van der Waals surface area contributed by atoms with E-state index in [1.54, 1.807) is 42.5 Å². The molecular formula is C84H86N2O9S3. The van der Waals surface area contributed by atoms with Crippen molar-refractivity contribution in [2.24, 2.45) is 5.92 Å². The first kappa shape index (κ1) is 71.4. The molecule has 0 aliphatic heterocycles. The second-order valence-corrected chi connectivity index (χ2v) is 29.2. The van der Waals surface area contributed by atoms with Gasteiger partial charge in [0.25, 0.3) is 0 Å². The molecule has 0 bridgehead atoms. The lowest BCUT2D eigenvalue weighted by atomic mass is 9.95. The number of nitrogens with zero attached hydrogens (tertiary/aromatic N) is 1. The lowest BCUT2D eigenvalue weighted by Gasteiger charge is -2.13. The predicted octanol–water partition coefficient (Wildman–Crippen LogP) is 21.8. The summed E-state index contributed by atoms with van der Waals surface area (Å²) in [6.45, 7) is 24.1. The van der Waals surface area contributed by atoms with Gasteiger partial charge in [0.1, 0.15) is 49.1 Å². The zero-order valence-corrected chi connectivity index (χ0v) is 60.8. The SMILES string of the molecule is CCC(C)CCCc1ccc(Oc2c(C(=O)c3c(C)cc(C)cc3C)sc3cc(O)ccc23)cc1.CNCc1ccc(Oc2c(C(=O)c3c(C)cc(C)cc3C)sc3cc(O)ccc23)cc1.Cc1cc(C)c(C(=O)c2sc3cc(O)ccc3c2Oc2ccc(CN(C)C)cc2)c(C)c1. The Labute approximate surface area is 587 Å². The molecule has 1 atom stereocenters. The first-order valence-electron chi connectivity index (χ1n) is 33.1. The van der Waals surface area contributed by atoms with Crippen LogP contribution >= 0.6 is 34.0 Å². The summed E-state index contributed by atoms with van der Waals surface area (Å²) in [6.07, 6.45) is 4.70. The molecule has 0 fully saturated rings. The lowest BCUT2D eigenvalue weighted by molar-refractivity contribution is 0.103. The summed E-state index contributed by atoms with van der Waals surface area (Å²) < 4.78 is 21.4.